The fourth-order valence-electron chi connectivity index (χ4n) is 4.06. The van der Waals surface area contributed by atoms with Gasteiger partial charge in [0.1, 0.15) is 10.3 Å². The van der Waals surface area contributed by atoms with Gasteiger partial charge in [0.25, 0.3) is 5.91 Å². The van der Waals surface area contributed by atoms with Crippen LogP contribution in [-0.2, 0) is 6.54 Å². The van der Waals surface area contributed by atoms with Crippen molar-refractivity contribution in [2.24, 2.45) is 0 Å². The number of hydrogen-bond donors (Lipinski definition) is 2. The van der Waals surface area contributed by atoms with Crippen molar-refractivity contribution in [3.63, 3.8) is 0 Å². The van der Waals surface area contributed by atoms with Gasteiger partial charge in [-0.05, 0) is 87.3 Å². The van der Waals surface area contributed by atoms with Crippen LogP contribution in [0.25, 0.3) is 0 Å². The van der Waals surface area contributed by atoms with Gasteiger partial charge >= 0.3 is 0 Å². The molecule has 2 aromatic rings. The molecule has 1 fully saturated rings. The second kappa shape index (κ2) is 12.6. The fraction of sp³-hybridized carbons (Fsp3) is 0.545. The van der Waals surface area contributed by atoms with Crippen LogP contribution in [0, 0.1) is 6.92 Å². The molecule has 0 saturated carbocycles. The smallest absolute Gasteiger partial charge is 0.254 e. The average molecular weight is 517 g/mol. The Morgan fingerprint density at radius 2 is 2.16 bits per heavy atom. The van der Waals surface area contributed by atoms with Crippen LogP contribution in [0.15, 0.2) is 22.9 Å². The molecule has 32 heavy (non-hydrogen) atoms. The lowest BCUT2D eigenvalue weighted by Gasteiger charge is -2.40. The molecule has 1 aliphatic rings. The van der Waals surface area contributed by atoms with E-state index in [9.17, 15) is 4.79 Å². The van der Waals surface area contributed by atoms with Gasteiger partial charge in [0.15, 0.2) is 0 Å². The number of carbonyl (C=O) groups excluding carboxylic acids is 1. The van der Waals surface area contributed by atoms with E-state index in [0.717, 1.165) is 44.5 Å². The molecule has 1 atom stereocenters. The van der Waals surface area contributed by atoms with E-state index < -0.39 is 0 Å². The van der Waals surface area contributed by atoms with E-state index in [2.05, 4.69) is 48.0 Å². The highest BCUT2D eigenvalue weighted by Crippen LogP contribution is 2.26. The molecule has 10 heteroatoms. The number of nitrogens with one attached hydrogen (secondary N) is 2. The second-order valence-electron chi connectivity index (χ2n) is 8.09. The van der Waals surface area contributed by atoms with Crippen LogP contribution in [0.5, 0.6) is 0 Å². The molecule has 6 nitrogen and oxygen atoms in total. The third kappa shape index (κ3) is 7.06. The maximum Gasteiger partial charge on any atom is 0.254 e. The van der Waals surface area contributed by atoms with E-state index in [-0.39, 0.29) is 11.1 Å². The van der Waals surface area contributed by atoms with Crippen molar-refractivity contribution in [3.05, 3.63) is 49.9 Å². The highest BCUT2D eigenvalue weighted by Gasteiger charge is 2.27. The topological polar surface area (TPSA) is 60.5 Å². The minimum atomic E-state index is -0.198. The van der Waals surface area contributed by atoms with Crippen LogP contribution in [0.2, 0.25) is 10.3 Å². The number of carbonyl (C=O) groups is 1. The first kappa shape index (κ1) is 25.7. The van der Waals surface area contributed by atoms with Gasteiger partial charge < -0.3 is 10.2 Å². The lowest BCUT2D eigenvalue weighted by molar-refractivity contribution is 0.0939. The van der Waals surface area contributed by atoms with Gasteiger partial charge in [0.2, 0.25) is 0 Å². The van der Waals surface area contributed by atoms with Gasteiger partial charge in [-0.15, -0.1) is 0 Å². The number of nitrogens with zero attached hydrogens (tertiary/aromatic N) is 3. The largest absolute Gasteiger partial charge is 0.352 e. The monoisotopic (exact) mass is 515 g/mol. The van der Waals surface area contributed by atoms with Gasteiger partial charge in [0.05, 0.1) is 5.56 Å². The molecule has 0 aromatic carbocycles. The number of likely N-dealkylation sites (tertiary alicyclic amines) is 1. The Bertz CT molecular complexity index is 852. The molecule has 3 heterocycles. The molecule has 0 radical (unpaired) electrons. The summed E-state index contributed by atoms with van der Waals surface area (Å²) in [6.45, 7) is 7.74. The number of amides is 1. The van der Waals surface area contributed by atoms with Crippen LogP contribution in [-0.4, -0.2) is 58.9 Å². The summed E-state index contributed by atoms with van der Waals surface area (Å²) < 4.78 is 5.71. The van der Waals surface area contributed by atoms with E-state index in [1.54, 1.807) is 29.5 Å². The van der Waals surface area contributed by atoms with E-state index in [0.29, 0.717) is 29.3 Å². The first-order chi connectivity index (χ1) is 15.4. The Morgan fingerprint density at radius 3 is 2.78 bits per heavy atom. The van der Waals surface area contributed by atoms with Gasteiger partial charge in [0, 0.05) is 37.3 Å². The highest BCUT2D eigenvalue weighted by atomic mass is 35.5. The van der Waals surface area contributed by atoms with Crippen LogP contribution in [0.4, 0.5) is 0 Å². The standard InChI is InChI=1S/C22H31Cl2N5OS2/c1-15-12-19(23)27-21(24)20(15)22(30)26-8-4-16(2)28-9-5-18(6-10-28)29(32-25-3)13-17-7-11-31-14-17/h7,11-12,14,16,18,25H,4-6,8-10,13H2,1-3H3,(H,26,30). The van der Waals surface area contributed by atoms with Crippen LogP contribution < -0.4 is 10.0 Å². The van der Waals surface area contributed by atoms with Crippen molar-refractivity contribution >= 4 is 52.6 Å². The summed E-state index contributed by atoms with van der Waals surface area (Å²) in [6, 6.07) is 4.81. The number of halogens is 2. The molecule has 176 valence electrons. The lowest BCUT2D eigenvalue weighted by Crippen LogP contribution is -2.46. The first-order valence-electron chi connectivity index (χ1n) is 10.8. The summed E-state index contributed by atoms with van der Waals surface area (Å²) in [5.74, 6) is -0.198. The Hall–Kier alpha value is -0.870. The molecule has 0 spiro atoms. The molecular weight excluding hydrogens is 485 g/mol. The summed E-state index contributed by atoms with van der Waals surface area (Å²) in [7, 11) is 1.98. The molecule has 2 aromatic heterocycles. The summed E-state index contributed by atoms with van der Waals surface area (Å²) in [5, 5.41) is 7.79. The minimum Gasteiger partial charge on any atom is -0.352 e. The Kier molecular flexibility index (Phi) is 10.1. The third-order valence-electron chi connectivity index (χ3n) is 5.87. The van der Waals surface area contributed by atoms with Crippen molar-refractivity contribution in [1.82, 2.24) is 24.2 Å². The summed E-state index contributed by atoms with van der Waals surface area (Å²) >= 11 is 15.5. The van der Waals surface area contributed by atoms with Crippen molar-refractivity contribution in [3.8, 4) is 0 Å². The van der Waals surface area contributed by atoms with Crippen LogP contribution in [0.1, 0.15) is 47.7 Å². The van der Waals surface area contributed by atoms with Crippen molar-refractivity contribution in [1.29, 1.82) is 0 Å². The Morgan fingerprint density at radius 1 is 1.41 bits per heavy atom. The molecule has 1 aliphatic heterocycles. The quantitative estimate of drug-likeness (QED) is 0.342. The number of aryl methyl sites for hydroxylation is 1. The van der Waals surface area contributed by atoms with Gasteiger partial charge in [-0.1, -0.05) is 23.2 Å². The summed E-state index contributed by atoms with van der Waals surface area (Å²) in [4.78, 5) is 19.1. The molecule has 1 amide bonds. The third-order valence-corrected chi connectivity index (χ3v) is 7.92. The van der Waals surface area contributed by atoms with Crippen molar-refractivity contribution in [2.45, 2.75) is 51.7 Å². The summed E-state index contributed by atoms with van der Waals surface area (Å²) in [5.41, 5.74) is 2.50. The van der Waals surface area contributed by atoms with Crippen LogP contribution >= 0.6 is 46.7 Å². The van der Waals surface area contributed by atoms with Gasteiger partial charge in [-0.2, -0.15) is 11.3 Å². The van der Waals surface area contributed by atoms with Gasteiger partial charge in [-0.25, -0.2) is 9.29 Å². The van der Waals surface area contributed by atoms with Crippen molar-refractivity contribution in [2.75, 3.05) is 26.7 Å². The molecule has 1 unspecified atom stereocenters. The Balaban J connectivity index is 1.44. The predicted molar refractivity (Wildman–Crippen MR) is 137 cm³/mol. The maximum absolute atomic E-state index is 12.6. The average Bonchev–Trinajstić information content (AvgIpc) is 3.26. The molecular formula is C22H31Cl2N5OS2. The van der Waals surface area contributed by atoms with Gasteiger partial charge in [-0.3, -0.25) is 9.52 Å². The normalized spacial score (nSPS) is 16.4. The lowest BCUT2D eigenvalue weighted by atomic mass is 10.0. The molecule has 2 N–H and O–H groups in total. The predicted octanol–water partition coefficient (Wildman–Crippen LogP) is 5.02. The van der Waals surface area contributed by atoms with E-state index in [4.69, 9.17) is 23.2 Å². The number of thiophene rings is 1. The molecule has 0 bridgehead atoms. The zero-order valence-electron chi connectivity index (χ0n) is 18.7. The number of hydrogen-bond acceptors (Lipinski definition) is 7. The number of rotatable bonds is 10. The van der Waals surface area contributed by atoms with E-state index >= 15 is 0 Å². The van der Waals surface area contributed by atoms with Crippen molar-refractivity contribution < 1.29 is 4.79 Å². The molecule has 0 aliphatic carbocycles. The fourth-order valence-corrected chi connectivity index (χ4v) is 6.15. The SMILES string of the molecule is CNSN(Cc1ccsc1)C1CCN(C(C)CCNC(=O)c2c(C)cc(Cl)nc2Cl)CC1. The van der Waals surface area contributed by atoms with E-state index in [1.165, 1.54) is 5.56 Å². The second-order valence-corrected chi connectivity index (χ2v) is 10.7. The first-order valence-corrected chi connectivity index (χ1v) is 13.3. The maximum atomic E-state index is 12.6. The number of piperidine rings is 1. The number of pyridine rings is 1. The van der Waals surface area contributed by atoms with Crippen LogP contribution in [0.3, 0.4) is 0 Å². The molecule has 1 saturated heterocycles. The Labute approximate surface area is 209 Å². The summed E-state index contributed by atoms with van der Waals surface area (Å²) in [6.07, 6.45) is 3.17. The number of aromatic nitrogens is 1. The molecule has 3 rings (SSSR count). The zero-order valence-corrected chi connectivity index (χ0v) is 21.9. The highest BCUT2D eigenvalue weighted by molar-refractivity contribution is 7.95. The zero-order chi connectivity index (χ0) is 23.1. The van der Waals surface area contributed by atoms with E-state index in [1.807, 2.05) is 14.0 Å². The minimum absolute atomic E-state index is 0.147.